The van der Waals surface area contributed by atoms with Crippen LogP contribution in [0.4, 0.5) is 0 Å². The molecule has 0 unspecified atom stereocenters. The molecule has 0 aromatic heterocycles. The molecule has 0 N–H and O–H groups in total. The molecule has 0 saturated heterocycles. The Morgan fingerprint density at radius 3 is 2.18 bits per heavy atom. The average molecular weight is 156 g/mol. The minimum Gasteiger partial charge on any atom is -0.291 e. The zero-order valence-corrected chi connectivity index (χ0v) is 7.35. The number of rotatable bonds is 6. The van der Waals surface area contributed by atoms with E-state index in [0.29, 0.717) is 6.42 Å². The van der Waals surface area contributed by atoms with E-state index in [-0.39, 0.29) is 11.6 Å². The van der Waals surface area contributed by atoms with Gasteiger partial charge in [0.15, 0.2) is 11.6 Å². The van der Waals surface area contributed by atoms with E-state index in [1.807, 2.05) is 0 Å². The predicted octanol–water partition coefficient (Wildman–Crippen LogP) is 2.11. The van der Waals surface area contributed by atoms with Crippen molar-refractivity contribution < 1.29 is 9.59 Å². The van der Waals surface area contributed by atoms with E-state index >= 15 is 0 Å². The van der Waals surface area contributed by atoms with E-state index < -0.39 is 0 Å². The van der Waals surface area contributed by atoms with Gasteiger partial charge in [0.25, 0.3) is 0 Å². The summed E-state index contributed by atoms with van der Waals surface area (Å²) in [6, 6.07) is 0. The summed E-state index contributed by atoms with van der Waals surface area (Å²) in [6.07, 6.45) is 4.69. The fraction of sp³-hybridized carbons (Fsp3) is 0.778. The minimum atomic E-state index is -0.304. The molecule has 0 spiro atoms. The highest BCUT2D eigenvalue weighted by Gasteiger charge is 2.05. The van der Waals surface area contributed by atoms with Gasteiger partial charge in [0, 0.05) is 13.3 Å². The molecule has 2 heteroatoms. The van der Waals surface area contributed by atoms with Gasteiger partial charge in [-0.2, -0.15) is 0 Å². The van der Waals surface area contributed by atoms with E-state index in [1.54, 1.807) is 0 Å². The number of unbranched alkanes of at least 4 members (excludes halogenated alkanes) is 3. The van der Waals surface area contributed by atoms with Crippen molar-refractivity contribution in [2.24, 2.45) is 0 Å². The van der Waals surface area contributed by atoms with Crippen LogP contribution in [0.5, 0.6) is 0 Å². The summed E-state index contributed by atoms with van der Waals surface area (Å²) in [5.41, 5.74) is 0. The smallest absolute Gasteiger partial charge is 0.198 e. The normalized spacial score (nSPS) is 9.64. The lowest BCUT2D eigenvalue weighted by Gasteiger charge is -1.95. The van der Waals surface area contributed by atoms with Crippen LogP contribution in [0.1, 0.15) is 46.0 Å². The van der Waals surface area contributed by atoms with Crippen molar-refractivity contribution in [3.8, 4) is 0 Å². The Bertz CT molecular complexity index is 138. The van der Waals surface area contributed by atoms with Crippen LogP contribution in [0.15, 0.2) is 0 Å². The van der Waals surface area contributed by atoms with Crippen molar-refractivity contribution in [1.29, 1.82) is 0 Å². The topological polar surface area (TPSA) is 34.1 Å². The molecule has 0 radical (unpaired) electrons. The molecule has 64 valence electrons. The van der Waals surface area contributed by atoms with Crippen LogP contribution >= 0.6 is 0 Å². The Morgan fingerprint density at radius 1 is 1.09 bits per heavy atom. The Kier molecular flexibility index (Phi) is 5.71. The lowest BCUT2D eigenvalue weighted by atomic mass is 10.1. The van der Waals surface area contributed by atoms with Gasteiger partial charge in [0.2, 0.25) is 0 Å². The standard InChI is InChI=1S/C9H16O2/c1-3-4-5-6-7-9(11)8(2)10/h3-7H2,1-2H3. The molecule has 0 aliphatic carbocycles. The van der Waals surface area contributed by atoms with Gasteiger partial charge in [0.05, 0.1) is 0 Å². The van der Waals surface area contributed by atoms with Crippen molar-refractivity contribution >= 4 is 11.6 Å². The first-order valence-electron chi connectivity index (χ1n) is 4.22. The van der Waals surface area contributed by atoms with Crippen LogP contribution in [-0.4, -0.2) is 11.6 Å². The predicted molar refractivity (Wildman–Crippen MR) is 44.4 cm³/mol. The summed E-state index contributed by atoms with van der Waals surface area (Å²) >= 11 is 0. The third-order valence-electron chi connectivity index (χ3n) is 1.65. The van der Waals surface area contributed by atoms with Crippen LogP contribution in [0.3, 0.4) is 0 Å². The molecule has 0 aromatic carbocycles. The monoisotopic (exact) mass is 156 g/mol. The first kappa shape index (κ1) is 10.3. The molecule has 0 saturated carbocycles. The molecular weight excluding hydrogens is 140 g/mol. The lowest BCUT2D eigenvalue weighted by Crippen LogP contribution is -2.08. The summed E-state index contributed by atoms with van der Waals surface area (Å²) in [5.74, 6) is -0.525. The Morgan fingerprint density at radius 2 is 1.73 bits per heavy atom. The zero-order valence-electron chi connectivity index (χ0n) is 7.35. The summed E-state index contributed by atoms with van der Waals surface area (Å²) in [7, 11) is 0. The van der Waals surface area contributed by atoms with Crippen molar-refractivity contribution in [2.75, 3.05) is 0 Å². The second kappa shape index (κ2) is 6.08. The molecule has 0 fully saturated rings. The van der Waals surface area contributed by atoms with Crippen LogP contribution < -0.4 is 0 Å². The minimum absolute atomic E-state index is 0.221. The van der Waals surface area contributed by atoms with Crippen molar-refractivity contribution in [1.82, 2.24) is 0 Å². The van der Waals surface area contributed by atoms with Gasteiger partial charge in [-0.05, 0) is 6.42 Å². The van der Waals surface area contributed by atoms with Crippen LogP contribution in [0.25, 0.3) is 0 Å². The highest BCUT2D eigenvalue weighted by molar-refractivity contribution is 6.36. The summed E-state index contributed by atoms with van der Waals surface area (Å²) in [4.78, 5) is 21.2. The Hall–Kier alpha value is -0.660. The van der Waals surface area contributed by atoms with E-state index in [2.05, 4.69) is 6.92 Å². The van der Waals surface area contributed by atoms with Crippen molar-refractivity contribution in [2.45, 2.75) is 46.0 Å². The fourth-order valence-electron chi connectivity index (χ4n) is 0.888. The maximum Gasteiger partial charge on any atom is 0.198 e. The second-order valence-electron chi connectivity index (χ2n) is 2.79. The average Bonchev–Trinajstić information content (AvgIpc) is 1.97. The van der Waals surface area contributed by atoms with Crippen molar-refractivity contribution in [3.05, 3.63) is 0 Å². The summed E-state index contributed by atoms with van der Waals surface area (Å²) in [6.45, 7) is 3.45. The second-order valence-corrected chi connectivity index (χ2v) is 2.79. The van der Waals surface area contributed by atoms with Gasteiger partial charge in [-0.15, -0.1) is 0 Å². The quantitative estimate of drug-likeness (QED) is 0.436. The maximum absolute atomic E-state index is 10.8. The largest absolute Gasteiger partial charge is 0.291 e. The highest BCUT2D eigenvalue weighted by Crippen LogP contribution is 2.02. The molecule has 11 heavy (non-hydrogen) atoms. The SMILES string of the molecule is CCCCCCC(=O)C(C)=O. The molecule has 2 nitrogen and oxygen atoms in total. The number of Topliss-reactive ketones (excluding diaryl/α,β-unsaturated/α-hetero) is 2. The molecule has 0 aliphatic heterocycles. The molecule has 0 bridgehead atoms. The van der Waals surface area contributed by atoms with E-state index in [9.17, 15) is 9.59 Å². The van der Waals surface area contributed by atoms with Gasteiger partial charge in [-0.3, -0.25) is 9.59 Å². The van der Waals surface area contributed by atoms with Gasteiger partial charge < -0.3 is 0 Å². The third kappa shape index (κ3) is 5.77. The molecular formula is C9H16O2. The number of hydrogen-bond acceptors (Lipinski definition) is 2. The number of ketones is 2. The zero-order chi connectivity index (χ0) is 8.69. The van der Waals surface area contributed by atoms with E-state index in [0.717, 1.165) is 25.7 Å². The van der Waals surface area contributed by atoms with Crippen molar-refractivity contribution in [3.63, 3.8) is 0 Å². The van der Waals surface area contributed by atoms with Gasteiger partial charge in [-0.25, -0.2) is 0 Å². The highest BCUT2D eigenvalue weighted by atomic mass is 16.2. The molecule has 0 atom stereocenters. The number of carbonyl (C=O) groups is 2. The number of hydrogen-bond donors (Lipinski definition) is 0. The first-order chi connectivity index (χ1) is 5.18. The third-order valence-corrected chi connectivity index (χ3v) is 1.65. The van der Waals surface area contributed by atoms with E-state index in [1.165, 1.54) is 6.92 Å². The first-order valence-corrected chi connectivity index (χ1v) is 4.22. The van der Waals surface area contributed by atoms with Crippen LogP contribution in [0.2, 0.25) is 0 Å². The Balaban J connectivity index is 3.25. The Labute approximate surface area is 68.0 Å². The van der Waals surface area contributed by atoms with Crippen LogP contribution in [-0.2, 0) is 9.59 Å². The fourth-order valence-corrected chi connectivity index (χ4v) is 0.888. The van der Waals surface area contributed by atoms with Gasteiger partial charge in [-0.1, -0.05) is 26.2 Å². The molecule has 0 aliphatic rings. The summed E-state index contributed by atoms with van der Waals surface area (Å²) < 4.78 is 0. The maximum atomic E-state index is 10.8. The lowest BCUT2D eigenvalue weighted by molar-refractivity contribution is -0.135. The molecule has 0 heterocycles. The molecule has 0 aromatic rings. The van der Waals surface area contributed by atoms with E-state index in [4.69, 9.17) is 0 Å². The van der Waals surface area contributed by atoms with Gasteiger partial charge in [0.1, 0.15) is 0 Å². The number of carbonyl (C=O) groups excluding carboxylic acids is 2. The molecule has 0 rings (SSSR count). The summed E-state index contributed by atoms with van der Waals surface area (Å²) in [5, 5.41) is 0. The van der Waals surface area contributed by atoms with Crippen LogP contribution in [0, 0.1) is 0 Å². The van der Waals surface area contributed by atoms with Gasteiger partial charge >= 0.3 is 0 Å². The molecule has 0 amide bonds.